The maximum atomic E-state index is 9.02. The maximum absolute atomic E-state index is 9.02. The summed E-state index contributed by atoms with van der Waals surface area (Å²) in [6.45, 7) is 3.58. The highest BCUT2D eigenvalue weighted by atomic mass is 16.5. The minimum Gasteiger partial charge on any atom is -0.392 e. The molecule has 1 aromatic carbocycles. The van der Waals surface area contributed by atoms with Crippen molar-refractivity contribution in [3.63, 3.8) is 0 Å². The van der Waals surface area contributed by atoms with Gasteiger partial charge < -0.3 is 15.6 Å². The van der Waals surface area contributed by atoms with Gasteiger partial charge in [0.05, 0.1) is 18.8 Å². The molecule has 1 aliphatic rings. The van der Waals surface area contributed by atoms with Gasteiger partial charge in [-0.15, -0.1) is 0 Å². The molecule has 3 nitrogen and oxygen atoms in total. The molecule has 3 N–H and O–H groups in total. The molecular weight excluding hydrogens is 238 g/mol. The highest BCUT2D eigenvalue weighted by Gasteiger charge is 2.34. The van der Waals surface area contributed by atoms with E-state index in [2.05, 4.69) is 6.92 Å². The summed E-state index contributed by atoms with van der Waals surface area (Å²) in [5, 5.41) is 9.02. The van der Waals surface area contributed by atoms with Crippen LogP contribution in [0.4, 0.5) is 0 Å². The van der Waals surface area contributed by atoms with Gasteiger partial charge in [-0.2, -0.15) is 0 Å². The lowest BCUT2D eigenvalue weighted by Gasteiger charge is -2.39. The predicted molar refractivity (Wildman–Crippen MR) is 76.6 cm³/mol. The van der Waals surface area contributed by atoms with Crippen molar-refractivity contribution in [1.82, 2.24) is 0 Å². The van der Waals surface area contributed by atoms with Crippen molar-refractivity contribution in [3.8, 4) is 0 Å². The van der Waals surface area contributed by atoms with E-state index in [1.807, 2.05) is 24.3 Å². The van der Waals surface area contributed by atoms with Gasteiger partial charge in [-0.25, -0.2) is 0 Å². The van der Waals surface area contributed by atoms with E-state index >= 15 is 0 Å². The fraction of sp³-hybridized carbons (Fsp3) is 0.625. The molecular formula is C16H25NO2. The summed E-state index contributed by atoms with van der Waals surface area (Å²) in [5.41, 5.74) is 7.90. The molecule has 1 aromatic rings. The second-order valence-electron chi connectivity index (χ2n) is 5.85. The Hall–Kier alpha value is -0.900. The zero-order chi connectivity index (χ0) is 13.7. The van der Waals surface area contributed by atoms with E-state index in [1.165, 1.54) is 12.8 Å². The topological polar surface area (TPSA) is 55.5 Å². The van der Waals surface area contributed by atoms with Crippen LogP contribution in [0.2, 0.25) is 0 Å². The number of benzene rings is 1. The van der Waals surface area contributed by atoms with Crippen molar-refractivity contribution in [3.05, 3.63) is 35.4 Å². The summed E-state index contributed by atoms with van der Waals surface area (Å²) in [7, 11) is 0. The van der Waals surface area contributed by atoms with Gasteiger partial charge in [0, 0.05) is 6.54 Å². The van der Waals surface area contributed by atoms with Gasteiger partial charge in [-0.05, 0) is 29.9 Å². The van der Waals surface area contributed by atoms with Crippen LogP contribution in [-0.4, -0.2) is 17.3 Å². The average Bonchev–Trinajstić information content (AvgIpc) is 2.46. The Labute approximate surface area is 115 Å². The van der Waals surface area contributed by atoms with Crippen LogP contribution in [0.3, 0.4) is 0 Å². The van der Waals surface area contributed by atoms with Crippen LogP contribution < -0.4 is 5.73 Å². The van der Waals surface area contributed by atoms with Crippen molar-refractivity contribution >= 4 is 0 Å². The number of aliphatic hydroxyl groups is 1. The molecule has 0 spiro atoms. The fourth-order valence-electron chi connectivity index (χ4n) is 2.96. The molecule has 1 fully saturated rings. The lowest BCUT2D eigenvalue weighted by molar-refractivity contribution is -0.0840. The second kappa shape index (κ2) is 6.51. The number of rotatable bonds is 5. The second-order valence-corrected chi connectivity index (χ2v) is 5.85. The Kier molecular flexibility index (Phi) is 4.97. The predicted octanol–water partition coefficient (Wildman–Crippen LogP) is 2.60. The van der Waals surface area contributed by atoms with Gasteiger partial charge in [0.15, 0.2) is 0 Å². The Morgan fingerprint density at radius 1 is 1.32 bits per heavy atom. The molecule has 0 aromatic heterocycles. The van der Waals surface area contributed by atoms with Crippen LogP contribution in [0.5, 0.6) is 0 Å². The van der Waals surface area contributed by atoms with Crippen molar-refractivity contribution in [1.29, 1.82) is 0 Å². The Bertz CT molecular complexity index is 390. The summed E-state index contributed by atoms with van der Waals surface area (Å²) < 4.78 is 6.16. The van der Waals surface area contributed by atoms with E-state index < -0.39 is 0 Å². The van der Waals surface area contributed by atoms with Crippen LogP contribution in [0.15, 0.2) is 24.3 Å². The van der Waals surface area contributed by atoms with Crippen LogP contribution >= 0.6 is 0 Å². The van der Waals surface area contributed by atoms with Crippen molar-refractivity contribution < 1.29 is 9.84 Å². The minimum absolute atomic E-state index is 0.0887. The summed E-state index contributed by atoms with van der Waals surface area (Å²) in [6, 6.07) is 7.92. The third kappa shape index (κ3) is 3.78. The SMILES string of the molecule is CC1CCCC(CN)(OCc2ccc(CO)cc2)C1. The number of nitrogens with two attached hydrogens (primary N) is 1. The van der Waals surface area contributed by atoms with Crippen molar-refractivity contribution in [2.24, 2.45) is 11.7 Å². The zero-order valence-electron chi connectivity index (χ0n) is 11.8. The first kappa shape index (κ1) is 14.5. The molecule has 0 amide bonds. The molecule has 2 rings (SSSR count). The Morgan fingerprint density at radius 3 is 2.58 bits per heavy atom. The first-order chi connectivity index (χ1) is 9.17. The molecule has 1 saturated carbocycles. The van der Waals surface area contributed by atoms with E-state index in [-0.39, 0.29) is 12.2 Å². The van der Waals surface area contributed by atoms with Gasteiger partial charge >= 0.3 is 0 Å². The molecule has 0 heterocycles. The smallest absolute Gasteiger partial charge is 0.0811 e. The molecule has 0 aliphatic heterocycles. The zero-order valence-corrected chi connectivity index (χ0v) is 11.8. The maximum Gasteiger partial charge on any atom is 0.0811 e. The molecule has 2 unspecified atom stereocenters. The Morgan fingerprint density at radius 2 is 2.00 bits per heavy atom. The van der Waals surface area contributed by atoms with Gasteiger partial charge in [0.1, 0.15) is 0 Å². The monoisotopic (exact) mass is 263 g/mol. The average molecular weight is 263 g/mol. The first-order valence-corrected chi connectivity index (χ1v) is 7.20. The fourth-order valence-corrected chi connectivity index (χ4v) is 2.96. The van der Waals surface area contributed by atoms with Crippen LogP contribution in [0.25, 0.3) is 0 Å². The van der Waals surface area contributed by atoms with E-state index in [0.29, 0.717) is 19.1 Å². The third-order valence-electron chi connectivity index (χ3n) is 4.17. The molecule has 0 bridgehead atoms. The minimum atomic E-state index is -0.132. The summed E-state index contributed by atoms with van der Waals surface area (Å²) in [5.74, 6) is 0.703. The number of hydrogen-bond donors (Lipinski definition) is 2. The van der Waals surface area contributed by atoms with E-state index in [1.54, 1.807) is 0 Å². The summed E-state index contributed by atoms with van der Waals surface area (Å²) >= 11 is 0. The molecule has 1 aliphatic carbocycles. The molecule has 0 radical (unpaired) electrons. The highest BCUT2D eigenvalue weighted by molar-refractivity contribution is 5.21. The summed E-state index contributed by atoms with van der Waals surface area (Å²) in [4.78, 5) is 0. The molecule has 106 valence electrons. The van der Waals surface area contributed by atoms with Crippen LogP contribution in [0, 0.1) is 5.92 Å². The first-order valence-electron chi connectivity index (χ1n) is 7.20. The van der Waals surface area contributed by atoms with Gasteiger partial charge in [0.25, 0.3) is 0 Å². The van der Waals surface area contributed by atoms with Crippen molar-refractivity contribution in [2.75, 3.05) is 6.54 Å². The lowest BCUT2D eigenvalue weighted by Crippen LogP contribution is -2.44. The van der Waals surface area contributed by atoms with Gasteiger partial charge in [0.2, 0.25) is 0 Å². The third-order valence-corrected chi connectivity index (χ3v) is 4.17. The number of hydrogen-bond acceptors (Lipinski definition) is 3. The van der Waals surface area contributed by atoms with Crippen LogP contribution in [0.1, 0.15) is 43.7 Å². The summed E-state index contributed by atoms with van der Waals surface area (Å²) in [6.07, 6.45) is 4.64. The quantitative estimate of drug-likeness (QED) is 0.858. The Balaban J connectivity index is 1.95. The molecule has 3 heteroatoms. The lowest BCUT2D eigenvalue weighted by atomic mass is 9.79. The molecule has 0 saturated heterocycles. The van der Waals surface area contributed by atoms with E-state index in [0.717, 1.165) is 24.0 Å². The van der Waals surface area contributed by atoms with Gasteiger partial charge in [-0.3, -0.25) is 0 Å². The van der Waals surface area contributed by atoms with Crippen molar-refractivity contribution in [2.45, 2.75) is 51.4 Å². The van der Waals surface area contributed by atoms with E-state index in [4.69, 9.17) is 15.6 Å². The normalized spacial score (nSPS) is 27.4. The largest absolute Gasteiger partial charge is 0.392 e. The number of ether oxygens (including phenoxy) is 1. The van der Waals surface area contributed by atoms with Crippen LogP contribution in [-0.2, 0) is 18.0 Å². The van der Waals surface area contributed by atoms with Gasteiger partial charge in [-0.1, -0.05) is 44.0 Å². The molecule has 2 atom stereocenters. The van der Waals surface area contributed by atoms with E-state index in [9.17, 15) is 0 Å². The number of aliphatic hydroxyl groups excluding tert-OH is 1. The highest BCUT2D eigenvalue weighted by Crippen LogP contribution is 2.35. The standard InChI is InChI=1S/C16H25NO2/c1-13-3-2-8-16(9-13,12-17)19-11-15-6-4-14(10-18)5-7-15/h4-7,13,18H,2-3,8-12,17H2,1H3. The molecule has 19 heavy (non-hydrogen) atoms.